The van der Waals surface area contributed by atoms with Gasteiger partial charge in [-0.15, -0.1) is 11.3 Å². The Hall–Kier alpha value is -2.22. The van der Waals surface area contributed by atoms with Crippen LogP contribution in [0.25, 0.3) is 21.1 Å². The van der Waals surface area contributed by atoms with Gasteiger partial charge in [-0.3, -0.25) is 0 Å². The minimum Gasteiger partial charge on any atom is -0.312 e. The minimum atomic E-state index is -3.65. The van der Waals surface area contributed by atoms with Crippen molar-refractivity contribution in [3.05, 3.63) is 59.2 Å². The first-order chi connectivity index (χ1) is 12.1. The van der Waals surface area contributed by atoms with Gasteiger partial charge >= 0.3 is 0 Å². The Balaban J connectivity index is 1.77. The second-order valence-electron chi connectivity index (χ2n) is 6.18. The zero-order valence-corrected chi connectivity index (χ0v) is 14.9. The highest BCUT2D eigenvalue weighted by Crippen LogP contribution is 2.31. The van der Waals surface area contributed by atoms with Gasteiger partial charge < -0.3 is 5.32 Å². The first-order valence-corrected chi connectivity index (χ1v) is 10.4. The summed E-state index contributed by atoms with van der Waals surface area (Å²) in [6.45, 7) is 1.61. The smallest absolute Gasteiger partial charge is 0.268 e. The molecule has 0 saturated heterocycles. The largest absolute Gasteiger partial charge is 0.312 e. The van der Waals surface area contributed by atoms with Crippen LogP contribution in [-0.2, 0) is 23.0 Å². The SMILES string of the molecule is O=S(=O)(c1ccc2ncsc2c1)n1cc2c3c(cccc31)CNCC2. The van der Waals surface area contributed by atoms with Crippen molar-refractivity contribution < 1.29 is 8.42 Å². The predicted octanol–water partition coefficient (Wildman–Crippen LogP) is 3.13. The molecule has 1 N–H and O–H groups in total. The Bertz CT molecular complexity index is 1220. The number of benzene rings is 2. The van der Waals surface area contributed by atoms with Crippen LogP contribution in [0.1, 0.15) is 11.1 Å². The zero-order chi connectivity index (χ0) is 17.0. The lowest BCUT2D eigenvalue weighted by atomic mass is 10.1. The van der Waals surface area contributed by atoms with Gasteiger partial charge in [0.1, 0.15) is 0 Å². The van der Waals surface area contributed by atoms with E-state index in [1.807, 2.05) is 12.1 Å². The van der Waals surface area contributed by atoms with E-state index in [0.29, 0.717) is 4.90 Å². The summed E-state index contributed by atoms with van der Waals surface area (Å²) in [4.78, 5) is 4.52. The summed E-state index contributed by atoms with van der Waals surface area (Å²) in [7, 11) is -3.65. The summed E-state index contributed by atoms with van der Waals surface area (Å²) in [5, 5.41) is 4.45. The first-order valence-electron chi connectivity index (χ1n) is 8.06. The highest BCUT2D eigenvalue weighted by molar-refractivity contribution is 7.90. The molecule has 0 unspecified atom stereocenters. The molecule has 5 rings (SSSR count). The Morgan fingerprint density at radius 2 is 2.08 bits per heavy atom. The number of rotatable bonds is 2. The molecule has 0 amide bonds. The molecule has 126 valence electrons. The summed E-state index contributed by atoms with van der Waals surface area (Å²) >= 11 is 1.45. The van der Waals surface area contributed by atoms with Gasteiger partial charge in [-0.05, 0) is 48.4 Å². The monoisotopic (exact) mass is 369 g/mol. The van der Waals surface area contributed by atoms with Crippen molar-refractivity contribution in [2.75, 3.05) is 6.54 Å². The van der Waals surface area contributed by atoms with E-state index >= 15 is 0 Å². The molecule has 0 radical (unpaired) electrons. The summed E-state index contributed by atoms with van der Waals surface area (Å²) in [5.74, 6) is 0. The van der Waals surface area contributed by atoms with Crippen molar-refractivity contribution in [2.24, 2.45) is 0 Å². The van der Waals surface area contributed by atoms with Gasteiger partial charge in [0.2, 0.25) is 0 Å². The predicted molar refractivity (Wildman–Crippen MR) is 99.6 cm³/mol. The van der Waals surface area contributed by atoms with Gasteiger partial charge in [-0.25, -0.2) is 17.4 Å². The average molecular weight is 369 g/mol. The topological polar surface area (TPSA) is 64.0 Å². The Morgan fingerprint density at radius 3 is 3.00 bits per heavy atom. The molecule has 1 aliphatic heterocycles. The molecule has 7 heteroatoms. The lowest BCUT2D eigenvalue weighted by Gasteiger charge is -2.09. The van der Waals surface area contributed by atoms with Crippen LogP contribution in [0.2, 0.25) is 0 Å². The van der Waals surface area contributed by atoms with E-state index in [1.54, 1.807) is 29.9 Å². The maximum Gasteiger partial charge on any atom is 0.268 e. The Kier molecular flexibility index (Phi) is 3.25. The molecular weight excluding hydrogens is 354 g/mol. The standard InChI is InChI=1S/C18H15N3O2S2/c22-25(23,14-4-5-15-17(8-14)24-11-20-15)21-10-13-6-7-19-9-12-2-1-3-16(21)18(12)13/h1-5,8,10-11,19H,6-7,9H2. The summed E-state index contributed by atoms with van der Waals surface area (Å²) in [5.41, 5.74) is 5.54. The van der Waals surface area contributed by atoms with Gasteiger partial charge in [-0.1, -0.05) is 12.1 Å². The third-order valence-corrected chi connectivity index (χ3v) is 7.17. The molecule has 3 heterocycles. The van der Waals surface area contributed by atoms with Crippen LogP contribution in [0.5, 0.6) is 0 Å². The molecule has 1 aliphatic rings. The molecule has 0 aliphatic carbocycles. The summed E-state index contributed by atoms with van der Waals surface area (Å²) in [6, 6.07) is 11.0. The highest BCUT2D eigenvalue weighted by Gasteiger charge is 2.23. The maximum absolute atomic E-state index is 13.3. The fourth-order valence-electron chi connectivity index (χ4n) is 3.51. The van der Waals surface area contributed by atoms with Crippen LogP contribution >= 0.6 is 11.3 Å². The van der Waals surface area contributed by atoms with Crippen LogP contribution in [0.4, 0.5) is 0 Å². The molecule has 0 atom stereocenters. The van der Waals surface area contributed by atoms with Crippen LogP contribution in [0.15, 0.2) is 53.0 Å². The molecule has 0 saturated carbocycles. The van der Waals surface area contributed by atoms with Gasteiger partial charge in [-0.2, -0.15) is 0 Å². The number of hydrogen-bond acceptors (Lipinski definition) is 5. The van der Waals surface area contributed by atoms with Crippen molar-refractivity contribution in [2.45, 2.75) is 17.9 Å². The third kappa shape index (κ3) is 2.23. The molecule has 4 aromatic rings. The molecule has 0 fully saturated rings. The maximum atomic E-state index is 13.3. The van der Waals surface area contributed by atoms with E-state index in [4.69, 9.17) is 0 Å². The van der Waals surface area contributed by atoms with Crippen LogP contribution < -0.4 is 5.32 Å². The quantitative estimate of drug-likeness (QED) is 0.590. The van der Waals surface area contributed by atoms with Crippen molar-refractivity contribution >= 4 is 42.5 Å². The molecule has 2 aromatic heterocycles. The number of aromatic nitrogens is 2. The van der Waals surface area contributed by atoms with Crippen molar-refractivity contribution in [3.63, 3.8) is 0 Å². The summed E-state index contributed by atoms with van der Waals surface area (Å²) in [6.07, 6.45) is 2.61. The summed E-state index contributed by atoms with van der Waals surface area (Å²) < 4.78 is 28.9. The lowest BCUT2D eigenvalue weighted by molar-refractivity contribution is 0.589. The first kappa shape index (κ1) is 15.1. The molecule has 0 spiro atoms. The second kappa shape index (κ2) is 5.39. The van der Waals surface area contributed by atoms with E-state index in [0.717, 1.165) is 51.8 Å². The molecular formula is C18H15N3O2S2. The Morgan fingerprint density at radius 1 is 1.16 bits per heavy atom. The number of thiazole rings is 1. The van der Waals surface area contributed by atoms with Crippen molar-refractivity contribution in [1.82, 2.24) is 14.3 Å². The number of fused-ring (bicyclic) bond motifs is 1. The zero-order valence-electron chi connectivity index (χ0n) is 13.3. The number of nitrogens with zero attached hydrogens (tertiary/aromatic N) is 2. The fourth-order valence-corrected chi connectivity index (χ4v) is 5.71. The normalized spacial score (nSPS) is 14.9. The number of hydrogen-bond donors (Lipinski definition) is 1. The second-order valence-corrected chi connectivity index (χ2v) is 8.88. The van der Waals surface area contributed by atoms with Crippen LogP contribution in [-0.4, -0.2) is 23.9 Å². The van der Waals surface area contributed by atoms with Crippen molar-refractivity contribution in [3.8, 4) is 0 Å². The molecule has 5 nitrogen and oxygen atoms in total. The van der Waals surface area contributed by atoms with Crippen LogP contribution in [0, 0.1) is 0 Å². The van der Waals surface area contributed by atoms with E-state index in [1.165, 1.54) is 15.3 Å². The van der Waals surface area contributed by atoms with Crippen molar-refractivity contribution in [1.29, 1.82) is 0 Å². The van der Waals surface area contributed by atoms with Crippen LogP contribution in [0.3, 0.4) is 0 Å². The average Bonchev–Trinajstić information content (AvgIpc) is 3.17. The highest BCUT2D eigenvalue weighted by atomic mass is 32.2. The fraction of sp³-hybridized carbons (Fsp3) is 0.167. The van der Waals surface area contributed by atoms with E-state index in [-0.39, 0.29) is 0 Å². The van der Waals surface area contributed by atoms with E-state index in [9.17, 15) is 8.42 Å². The number of nitrogens with one attached hydrogen (secondary N) is 1. The molecule has 0 bridgehead atoms. The van der Waals surface area contributed by atoms with Gasteiger partial charge in [0.25, 0.3) is 10.0 Å². The Labute approximate surface area is 149 Å². The van der Waals surface area contributed by atoms with Gasteiger partial charge in [0.15, 0.2) is 0 Å². The minimum absolute atomic E-state index is 0.299. The van der Waals surface area contributed by atoms with E-state index < -0.39 is 10.0 Å². The lowest BCUT2D eigenvalue weighted by Crippen LogP contribution is -2.15. The van der Waals surface area contributed by atoms with E-state index in [2.05, 4.69) is 16.4 Å². The molecule has 25 heavy (non-hydrogen) atoms. The van der Waals surface area contributed by atoms with Gasteiger partial charge in [0, 0.05) is 18.1 Å². The third-order valence-electron chi connectivity index (χ3n) is 4.71. The van der Waals surface area contributed by atoms with Gasteiger partial charge in [0.05, 0.1) is 26.1 Å². The molecule has 2 aromatic carbocycles.